The average molecular weight is 291 g/mol. The lowest BCUT2D eigenvalue weighted by Crippen LogP contribution is -2.16. The van der Waals surface area contributed by atoms with Gasteiger partial charge >= 0.3 is 0 Å². The maximum Gasteiger partial charge on any atom is 0.232 e. The van der Waals surface area contributed by atoms with E-state index in [4.69, 9.17) is 19.7 Å². The van der Waals surface area contributed by atoms with Crippen LogP contribution in [0.3, 0.4) is 0 Å². The Kier molecular flexibility index (Phi) is 4.18. The molecule has 0 saturated heterocycles. The standard InChI is InChI=1S/C15H21N3O3/c1-15(2,3)14-17-13(18-21-14)12(16)10-7-6-9(19-4)8-11(10)20-5/h6-8,12H,16H2,1-5H3. The second-order valence-electron chi connectivity index (χ2n) is 5.79. The molecule has 1 heterocycles. The minimum absolute atomic E-state index is 0.213. The Hall–Kier alpha value is -2.08. The van der Waals surface area contributed by atoms with Gasteiger partial charge in [0.1, 0.15) is 11.5 Å². The highest BCUT2D eigenvalue weighted by Crippen LogP contribution is 2.31. The number of aromatic nitrogens is 2. The summed E-state index contributed by atoms with van der Waals surface area (Å²) in [7, 11) is 3.19. The van der Waals surface area contributed by atoms with E-state index >= 15 is 0 Å². The minimum atomic E-state index is -0.522. The van der Waals surface area contributed by atoms with E-state index in [9.17, 15) is 0 Å². The monoisotopic (exact) mass is 291 g/mol. The van der Waals surface area contributed by atoms with Gasteiger partial charge in [-0.05, 0) is 12.1 Å². The molecule has 0 radical (unpaired) electrons. The van der Waals surface area contributed by atoms with Crippen LogP contribution in [0.25, 0.3) is 0 Å². The van der Waals surface area contributed by atoms with E-state index in [-0.39, 0.29) is 5.41 Å². The Balaban J connectivity index is 2.35. The van der Waals surface area contributed by atoms with Crippen LogP contribution in [-0.2, 0) is 5.41 Å². The van der Waals surface area contributed by atoms with Gasteiger partial charge in [0.25, 0.3) is 0 Å². The maximum atomic E-state index is 6.24. The number of benzene rings is 1. The number of ether oxygens (including phenoxy) is 2. The van der Waals surface area contributed by atoms with Crippen LogP contribution in [0.1, 0.15) is 44.1 Å². The van der Waals surface area contributed by atoms with Gasteiger partial charge in [-0.1, -0.05) is 25.9 Å². The summed E-state index contributed by atoms with van der Waals surface area (Å²) in [6.45, 7) is 6.01. The molecule has 0 spiro atoms. The Morgan fingerprint density at radius 2 is 1.90 bits per heavy atom. The molecule has 2 N–H and O–H groups in total. The quantitative estimate of drug-likeness (QED) is 0.931. The summed E-state index contributed by atoms with van der Waals surface area (Å²) in [4.78, 5) is 4.39. The molecule has 1 aromatic carbocycles. The molecular formula is C15H21N3O3. The molecule has 0 amide bonds. The first-order chi connectivity index (χ1) is 9.86. The van der Waals surface area contributed by atoms with Gasteiger partial charge in [-0.25, -0.2) is 0 Å². The molecule has 0 aliphatic rings. The van der Waals surface area contributed by atoms with Crippen molar-refractivity contribution in [3.8, 4) is 11.5 Å². The number of rotatable bonds is 4. The smallest absolute Gasteiger partial charge is 0.232 e. The largest absolute Gasteiger partial charge is 0.497 e. The van der Waals surface area contributed by atoms with Gasteiger partial charge in [0.15, 0.2) is 5.82 Å². The molecule has 0 saturated carbocycles. The number of hydrogen-bond acceptors (Lipinski definition) is 6. The lowest BCUT2D eigenvalue weighted by molar-refractivity contribution is 0.317. The van der Waals surface area contributed by atoms with Gasteiger partial charge in [0, 0.05) is 17.0 Å². The second kappa shape index (κ2) is 5.73. The van der Waals surface area contributed by atoms with Crippen LogP contribution in [0.5, 0.6) is 11.5 Å². The number of nitrogens with two attached hydrogens (primary N) is 1. The molecule has 2 aromatic rings. The molecule has 1 atom stereocenters. The van der Waals surface area contributed by atoms with Crippen molar-refractivity contribution in [2.24, 2.45) is 5.73 Å². The van der Waals surface area contributed by atoms with Crippen LogP contribution in [0.2, 0.25) is 0 Å². The fraction of sp³-hybridized carbons (Fsp3) is 0.467. The van der Waals surface area contributed by atoms with E-state index in [0.29, 0.717) is 23.2 Å². The third-order valence-electron chi connectivity index (χ3n) is 3.14. The first kappa shape index (κ1) is 15.3. The van der Waals surface area contributed by atoms with E-state index in [1.807, 2.05) is 32.9 Å². The van der Waals surface area contributed by atoms with Crippen LogP contribution in [0.15, 0.2) is 22.7 Å². The van der Waals surface area contributed by atoms with Gasteiger partial charge < -0.3 is 19.7 Å². The lowest BCUT2D eigenvalue weighted by Gasteiger charge is -2.14. The van der Waals surface area contributed by atoms with Crippen LogP contribution in [-0.4, -0.2) is 24.4 Å². The van der Waals surface area contributed by atoms with Crippen molar-refractivity contribution in [2.45, 2.75) is 32.2 Å². The van der Waals surface area contributed by atoms with Crippen molar-refractivity contribution in [2.75, 3.05) is 14.2 Å². The summed E-state index contributed by atoms with van der Waals surface area (Å²) in [5.41, 5.74) is 6.80. The number of hydrogen-bond donors (Lipinski definition) is 1. The fourth-order valence-electron chi connectivity index (χ4n) is 1.88. The summed E-state index contributed by atoms with van der Waals surface area (Å²) >= 11 is 0. The Morgan fingerprint density at radius 1 is 1.19 bits per heavy atom. The molecule has 114 valence electrons. The molecule has 0 aliphatic heterocycles. The van der Waals surface area contributed by atoms with Crippen molar-refractivity contribution in [3.05, 3.63) is 35.5 Å². The predicted molar refractivity (Wildman–Crippen MR) is 78.6 cm³/mol. The predicted octanol–water partition coefficient (Wildman–Crippen LogP) is 2.43. The molecule has 6 heteroatoms. The Bertz CT molecular complexity index is 617. The molecule has 21 heavy (non-hydrogen) atoms. The zero-order valence-corrected chi connectivity index (χ0v) is 13.0. The maximum absolute atomic E-state index is 6.24. The highest BCUT2D eigenvalue weighted by molar-refractivity contribution is 5.44. The van der Waals surface area contributed by atoms with E-state index in [0.717, 1.165) is 5.56 Å². The highest BCUT2D eigenvalue weighted by atomic mass is 16.5. The molecule has 0 aliphatic carbocycles. The Morgan fingerprint density at radius 3 is 2.43 bits per heavy atom. The summed E-state index contributed by atoms with van der Waals surface area (Å²) in [5, 5.41) is 3.98. The van der Waals surface area contributed by atoms with Crippen molar-refractivity contribution in [1.82, 2.24) is 10.1 Å². The summed E-state index contributed by atoms with van der Waals surface area (Å²) in [6.07, 6.45) is 0. The normalized spacial score (nSPS) is 13.0. The molecule has 6 nitrogen and oxygen atoms in total. The van der Waals surface area contributed by atoms with Crippen LogP contribution in [0.4, 0.5) is 0 Å². The number of methoxy groups -OCH3 is 2. The van der Waals surface area contributed by atoms with E-state index in [2.05, 4.69) is 10.1 Å². The average Bonchev–Trinajstić information content (AvgIpc) is 2.95. The van der Waals surface area contributed by atoms with Gasteiger partial charge in [-0.3, -0.25) is 0 Å². The van der Waals surface area contributed by atoms with Crippen LogP contribution in [0, 0.1) is 0 Å². The lowest BCUT2D eigenvalue weighted by atomic mass is 9.97. The summed E-state index contributed by atoms with van der Waals surface area (Å²) in [5.74, 6) is 2.32. The van der Waals surface area contributed by atoms with Crippen molar-refractivity contribution < 1.29 is 14.0 Å². The first-order valence-electron chi connectivity index (χ1n) is 6.68. The van der Waals surface area contributed by atoms with Gasteiger partial charge in [0.2, 0.25) is 5.89 Å². The van der Waals surface area contributed by atoms with Crippen molar-refractivity contribution in [3.63, 3.8) is 0 Å². The molecular weight excluding hydrogens is 270 g/mol. The third-order valence-corrected chi connectivity index (χ3v) is 3.14. The van der Waals surface area contributed by atoms with Gasteiger partial charge in [0.05, 0.1) is 20.3 Å². The van der Waals surface area contributed by atoms with Crippen molar-refractivity contribution >= 4 is 0 Å². The van der Waals surface area contributed by atoms with Gasteiger partial charge in [-0.15, -0.1) is 0 Å². The molecule has 0 bridgehead atoms. The minimum Gasteiger partial charge on any atom is -0.497 e. The van der Waals surface area contributed by atoms with E-state index in [1.165, 1.54) is 0 Å². The first-order valence-corrected chi connectivity index (χ1v) is 6.68. The molecule has 2 rings (SSSR count). The highest BCUT2D eigenvalue weighted by Gasteiger charge is 2.25. The zero-order chi connectivity index (χ0) is 15.6. The topological polar surface area (TPSA) is 83.4 Å². The number of nitrogens with zero attached hydrogens (tertiary/aromatic N) is 2. The third kappa shape index (κ3) is 3.16. The molecule has 1 aromatic heterocycles. The second-order valence-corrected chi connectivity index (χ2v) is 5.79. The summed E-state index contributed by atoms with van der Waals surface area (Å²) < 4.78 is 15.8. The Labute approximate surface area is 124 Å². The van der Waals surface area contributed by atoms with Gasteiger partial charge in [-0.2, -0.15) is 4.98 Å². The summed E-state index contributed by atoms with van der Waals surface area (Å²) in [6, 6.07) is 4.92. The van der Waals surface area contributed by atoms with E-state index < -0.39 is 6.04 Å². The van der Waals surface area contributed by atoms with Crippen LogP contribution < -0.4 is 15.2 Å². The zero-order valence-electron chi connectivity index (χ0n) is 13.0. The SMILES string of the molecule is COc1ccc(C(N)c2noc(C(C)(C)C)n2)c(OC)c1. The van der Waals surface area contributed by atoms with Crippen molar-refractivity contribution in [1.29, 1.82) is 0 Å². The molecule has 1 unspecified atom stereocenters. The fourth-order valence-corrected chi connectivity index (χ4v) is 1.88. The van der Waals surface area contributed by atoms with E-state index in [1.54, 1.807) is 20.3 Å². The molecule has 0 fully saturated rings. The van der Waals surface area contributed by atoms with Crippen LogP contribution >= 0.6 is 0 Å².